The minimum absolute atomic E-state index is 0.192. The predicted molar refractivity (Wildman–Crippen MR) is 116 cm³/mol. The second-order valence-electron chi connectivity index (χ2n) is 10.8. The molecule has 2 amide bonds. The van der Waals surface area contributed by atoms with Gasteiger partial charge in [0, 0.05) is 13.2 Å². The Hall–Kier alpha value is -1.08. The summed E-state index contributed by atoms with van der Waals surface area (Å²) in [5.41, 5.74) is -1.34. The van der Waals surface area contributed by atoms with Crippen LogP contribution in [0.25, 0.3) is 0 Å². The van der Waals surface area contributed by atoms with E-state index < -0.39 is 31.7 Å². The quantitative estimate of drug-likeness (QED) is 0.356. The third-order valence-corrected chi connectivity index (χ3v) is 9.06. The molecular weight excluding hydrogens is 374 g/mol. The predicted octanol–water partition coefficient (Wildman–Crippen LogP) is 6.35. The maximum absolute atomic E-state index is 12.4. The fourth-order valence-corrected chi connectivity index (χ4v) is 3.07. The van der Waals surface area contributed by atoms with Crippen LogP contribution in [0.15, 0.2) is 0 Å². The lowest BCUT2D eigenvalue weighted by molar-refractivity contribution is 0.00117. The van der Waals surface area contributed by atoms with E-state index in [1.165, 1.54) is 0 Å². The van der Waals surface area contributed by atoms with Crippen molar-refractivity contribution in [2.45, 2.75) is 111 Å². The van der Waals surface area contributed by atoms with E-state index in [4.69, 9.17) is 13.9 Å². The third kappa shape index (κ3) is 11.0. The molecule has 0 saturated carbocycles. The zero-order valence-electron chi connectivity index (χ0n) is 20.0. The van der Waals surface area contributed by atoms with E-state index in [1.807, 2.05) is 0 Å². The van der Waals surface area contributed by atoms with Crippen LogP contribution in [-0.2, 0) is 13.9 Å². The Morgan fingerprint density at radius 1 is 0.750 bits per heavy atom. The Morgan fingerprint density at radius 2 is 1.18 bits per heavy atom. The molecule has 7 heteroatoms. The molecule has 0 atom stereocenters. The summed E-state index contributed by atoms with van der Waals surface area (Å²) >= 11 is 0. The minimum atomic E-state index is -1.73. The van der Waals surface area contributed by atoms with E-state index in [0.717, 1.165) is 17.7 Å². The van der Waals surface area contributed by atoms with Crippen LogP contribution in [-0.4, -0.2) is 49.8 Å². The zero-order chi connectivity index (χ0) is 22.4. The van der Waals surface area contributed by atoms with Crippen molar-refractivity contribution in [3.63, 3.8) is 0 Å². The highest BCUT2D eigenvalue weighted by molar-refractivity contribution is 6.74. The summed E-state index contributed by atoms with van der Waals surface area (Å²) in [5, 5.41) is 0.192. The van der Waals surface area contributed by atoms with Gasteiger partial charge in [0.25, 0.3) is 0 Å². The maximum Gasteiger partial charge on any atom is 0.419 e. The lowest BCUT2D eigenvalue weighted by atomic mass is 10.2. The maximum atomic E-state index is 12.4. The molecule has 0 rings (SSSR count). The van der Waals surface area contributed by atoms with Crippen LogP contribution in [0.5, 0.6) is 0 Å². The molecule has 0 unspecified atom stereocenters. The van der Waals surface area contributed by atoms with Gasteiger partial charge < -0.3 is 13.9 Å². The van der Waals surface area contributed by atoms with E-state index in [1.54, 1.807) is 41.5 Å². The number of imide groups is 1. The van der Waals surface area contributed by atoms with Gasteiger partial charge in [0.1, 0.15) is 11.2 Å². The number of rotatable bonds is 7. The molecule has 0 saturated heterocycles. The van der Waals surface area contributed by atoms with E-state index in [0.29, 0.717) is 13.0 Å². The number of hydrogen-bond acceptors (Lipinski definition) is 5. The number of unbranched alkanes of at least 4 members (excludes halogenated alkanes) is 2. The second-order valence-corrected chi connectivity index (χ2v) is 15.6. The van der Waals surface area contributed by atoms with Gasteiger partial charge in [0.15, 0.2) is 8.32 Å². The molecule has 0 bridgehead atoms. The monoisotopic (exact) mass is 417 g/mol. The largest absolute Gasteiger partial charge is 0.443 e. The van der Waals surface area contributed by atoms with Crippen LogP contribution in [0, 0.1) is 0 Å². The van der Waals surface area contributed by atoms with Crippen LogP contribution in [0.1, 0.15) is 81.6 Å². The highest BCUT2D eigenvalue weighted by Crippen LogP contribution is 2.36. The highest BCUT2D eigenvalue weighted by Gasteiger charge is 2.36. The molecule has 0 aliphatic heterocycles. The SMILES string of the molecule is CC(C)(C)OC(=O)N(CCCCCO[Si](C)(C)C(C)(C)C)C(=O)OC(C)(C)C. The first kappa shape index (κ1) is 26.9. The van der Waals surface area contributed by atoms with E-state index in [9.17, 15) is 9.59 Å². The Morgan fingerprint density at radius 3 is 1.54 bits per heavy atom. The molecule has 0 aromatic carbocycles. The Balaban J connectivity index is 4.65. The first-order valence-electron chi connectivity index (χ1n) is 10.2. The second kappa shape index (κ2) is 10.1. The molecular formula is C21H43NO5Si. The average molecular weight is 418 g/mol. The van der Waals surface area contributed by atoms with Crippen LogP contribution < -0.4 is 0 Å². The Bertz CT molecular complexity index is 484. The molecule has 0 fully saturated rings. The summed E-state index contributed by atoms with van der Waals surface area (Å²) in [6.07, 6.45) is 1.09. The van der Waals surface area contributed by atoms with Crippen molar-refractivity contribution in [1.29, 1.82) is 0 Å². The first-order chi connectivity index (χ1) is 12.4. The molecule has 0 radical (unpaired) electrons. The summed E-state index contributed by atoms with van der Waals surface area (Å²) in [4.78, 5) is 25.9. The molecule has 0 spiro atoms. The topological polar surface area (TPSA) is 65.1 Å². The van der Waals surface area contributed by atoms with Crippen LogP contribution in [0.3, 0.4) is 0 Å². The van der Waals surface area contributed by atoms with E-state index in [-0.39, 0.29) is 11.6 Å². The number of amides is 2. The van der Waals surface area contributed by atoms with Crippen molar-refractivity contribution in [3.05, 3.63) is 0 Å². The molecule has 0 aromatic heterocycles. The van der Waals surface area contributed by atoms with Gasteiger partial charge in [-0.25, -0.2) is 14.5 Å². The Labute approximate surface area is 173 Å². The zero-order valence-corrected chi connectivity index (χ0v) is 21.0. The summed E-state index contributed by atoms with van der Waals surface area (Å²) in [6, 6.07) is 0. The van der Waals surface area contributed by atoms with Crippen molar-refractivity contribution < 1.29 is 23.5 Å². The molecule has 28 heavy (non-hydrogen) atoms. The molecule has 0 aliphatic rings. The number of carbonyl (C=O) groups excluding carboxylic acids is 2. The van der Waals surface area contributed by atoms with Gasteiger partial charge >= 0.3 is 12.2 Å². The van der Waals surface area contributed by atoms with Crippen molar-refractivity contribution in [2.24, 2.45) is 0 Å². The summed E-state index contributed by atoms with van der Waals surface area (Å²) < 4.78 is 16.9. The van der Waals surface area contributed by atoms with Crippen LogP contribution >= 0.6 is 0 Å². The fourth-order valence-electron chi connectivity index (χ4n) is 1.98. The van der Waals surface area contributed by atoms with Gasteiger partial charge in [0.05, 0.1) is 0 Å². The smallest absolute Gasteiger partial charge is 0.419 e. The van der Waals surface area contributed by atoms with Gasteiger partial charge in [-0.05, 0) is 78.9 Å². The van der Waals surface area contributed by atoms with Crippen molar-refractivity contribution >= 4 is 20.5 Å². The Kier molecular flexibility index (Phi) is 9.71. The van der Waals surface area contributed by atoms with E-state index in [2.05, 4.69) is 33.9 Å². The summed E-state index contributed by atoms with van der Waals surface area (Å²) in [6.45, 7) is 22.8. The van der Waals surface area contributed by atoms with Crippen molar-refractivity contribution in [1.82, 2.24) is 4.90 Å². The highest BCUT2D eigenvalue weighted by atomic mass is 28.4. The standard InChI is InChI=1S/C21H43NO5Si/c1-19(2,3)26-17(23)22(18(24)27-20(4,5)6)15-13-12-14-16-25-28(10,11)21(7,8)9/h12-16H2,1-11H3. The van der Waals surface area contributed by atoms with Crippen LogP contribution in [0.4, 0.5) is 9.59 Å². The molecule has 0 aliphatic carbocycles. The number of hydrogen-bond donors (Lipinski definition) is 0. The lowest BCUT2D eigenvalue weighted by Gasteiger charge is -2.36. The molecule has 0 aromatic rings. The van der Waals surface area contributed by atoms with Gasteiger partial charge in [-0.1, -0.05) is 20.8 Å². The molecule has 0 heterocycles. The molecule has 0 N–H and O–H groups in total. The minimum Gasteiger partial charge on any atom is -0.443 e. The van der Waals surface area contributed by atoms with Gasteiger partial charge in [0.2, 0.25) is 0 Å². The van der Waals surface area contributed by atoms with Crippen molar-refractivity contribution in [2.75, 3.05) is 13.2 Å². The first-order valence-corrected chi connectivity index (χ1v) is 13.1. The van der Waals surface area contributed by atoms with Gasteiger partial charge in [-0.2, -0.15) is 0 Å². The number of ether oxygens (including phenoxy) is 2. The number of nitrogens with zero attached hydrogens (tertiary/aromatic N) is 1. The van der Waals surface area contributed by atoms with Gasteiger partial charge in [-0.15, -0.1) is 0 Å². The summed E-state index contributed by atoms with van der Waals surface area (Å²) in [7, 11) is -1.73. The fraction of sp³-hybridized carbons (Fsp3) is 0.905. The number of carbonyl (C=O) groups is 2. The normalized spacial score (nSPS) is 13.2. The average Bonchev–Trinajstić information content (AvgIpc) is 2.40. The molecule has 6 nitrogen and oxygen atoms in total. The van der Waals surface area contributed by atoms with Crippen LogP contribution in [0.2, 0.25) is 18.1 Å². The summed E-state index contributed by atoms with van der Waals surface area (Å²) in [5.74, 6) is 0. The van der Waals surface area contributed by atoms with Gasteiger partial charge in [-0.3, -0.25) is 0 Å². The van der Waals surface area contributed by atoms with Crippen molar-refractivity contribution in [3.8, 4) is 0 Å². The third-order valence-electron chi connectivity index (χ3n) is 4.52. The molecule has 166 valence electrons. The van der Waals surface area contributed by atoms with E-state index >= 15 is 0 Å². The lowest BCUT2D eigenvalue weighted by Crippen LogP contribution is -2.44.